The van der Waals surface area contributed by atoms with E-state index in [0.29, 0.717) is 41.9 Å². The molecule has 0 saturated heterocycles. The average molecular weight is 544 g/mol. The van der Waals surface area contributed by atoms with Gasteiger partial charge in [-0.3, -0.25) is 0 Å². The number of hydrogen-bond donors (Lipinski definition) is 3. The van der Waals surface area contributed by atoms with Crippen molar-refractivity contribution in [1.82, 2.24) is 0 Å². The quantitative estimate of drug-likeness (QED) is 0.293. The van der Waals surface area contributed by atoms with Gasteiger partial charge in [-0.15, -0.1) is 0 Å². The number of carbonyl (C=O) groups is 2. The number of rotatable bonds is 3. The number of benzene rings is 3. The lowest BCUT2D eigenvalue weighted by Gasteiger charge is -2.06. The normalized spacial score (nSPS) is 12.7. The van der Waals surface area contributed by atoms with Crippen molar-refractivity contribution in [2.24, 2.45) is 5.73 Å². The Bertz CT molecular complexity index is 1460. The van der Waals surface area contributed by atoms with Crippen LogP contribution in [0.15, 0.2) is 59.2 Å². The lowest BCUT2D eigenvalue weighted by molar-refractivity contribution is 0.0686. The largest absolute Gasteiger partial charge is 0.493 e. The van der Waals surface area contributed by atoms with Gasteiger partial charge < -0.3 is 29.8 Å². The van der Waals surface area contributed by atoms with Crippen LogP contribution >= 0.6 is 23.2 Å². The highest BCUT2D eigenvalue weighted by molar-refractivity contribution is 6.33. The molecule has 2 aliphatic rings. The minimum absolute atomic E-state index is 0.177. The Morgan fingerprint density at radius 1 is 0.838 bits per heavy atom. The number of carboxylic acids is 2. The smallest absolute Gasteiger partial charge is 0.337 e. The van der Waals surface area contributed by atoms with Gasteiger partial charge in [0.05, 0.1) is 35.6 Å². The fraction of sp³-hybridized carbons (Fsp3) is 0.185. The summed E-state index contributed by atoms with van der Waals surface area (Å²) in [6.07, 6.45) is 3.04. The van der Waals surface area contributed by atoms with Gasteiger partial charge in [-0.1, -0.05) is 29.3 Å². The van der Waals surface area contributed by atoms with E-state index >= 15 is 0 Å². The van der Waals surface area contributed by atoms with Crippen LogP contribution < -0.4 is 15.2 Å². The number of aromatic carboxylic acids is 2. The number of hydrogen-bond acceptors (Lipinski definition) is 6. The maximum atomic E-state index is 10.8. The van der Waals surface area contributed by atoms with Gasteiger partial charge in [-0.05, 0) is 48.0 Å². The van der Waals surface area contributed by atoms with E-state index in [1.54, 1.807) is 36.4 Å². The van der Waals surface area contributed by atoms with Crippen LogP contribution in [0.5, 0.6) is 11.5 Å². The summed E-state index contributed by atoms with van der Waals surface area (Å²) in [7, 11) is 0. The highest BCUT2D eigenvalue weighted by Gasteiger charge is 2.22. The molecule has 0 saturated carbocycles. The summed E-state index contributed by atoms with van der Waals surface area (Å²) in [6.45, 7) is 1.78. The van der Waals surface area contributed by atoms with Crippen LogP contribution in [-0.2, 0) is 19.4 Å². The van der Waals surface area contributed by atoms with Crippen LogP contribution in [0.4, 0.5) is 0 Å². The van der Waals surface area contributed by atoms with E-state index in [4.69, 9.17) is 53.0 Å². The second kappa shape index (κ2) is 11.6. The van der Waals surface area contributed by atoms with Crippen molar-refractivity contribution in [3.63, 3.8) is 0 Å². The van der Waals surface area contributed by atoms with E-state index in [-0.39, 0.29) is 16.1 Å². The predicted molar refractivity (Wildman–Crippen MR) is 139 cm³/mol. The monoisotopic (exact) mass is 543 g/mol. The summed E-state index contributed by atoms with van der Waals surface area (Å²) in [5.41, 5.74) is 9.57. The summed E-state index contributed by atoms with van der Waals surface area (Å²) in [5, 5.41) is 19.3. The molecule has 192 valence electrons. The molecule has 3 heterocycles. The van der Waals surface area contributed by atoms with E-state index in [1.807, 2.05) is 12.1 Å². The highest BCUT2D eigenvalue weighted by Crippen LogP contribution is 2.33. The zero-order valence-corrected chi connectivity index (χ0v) is 21.0. The van der Waals surface area contributed by atoms with E-state index in [0.717, 1.165) is 29.4 Å². The molecule has 0 radical (unpaired) electrons. The SMILES string of the molecule is NCc1c(Cl)ccc2c1CCO2.O=C(O)c1c(Cl)ccc2c1CCO2.O=C(O)c1cccc2occc12. The molecule has 37 heavy (non-hydrogen) atoms. The lowest BCUT2D eigenvalue weighted by atomic mass is 10.1. The molecular formula is C27H23Cl2NO7. The molecule has 0 amide bonds. The second-order valence-corrected chi connectivity index (χ2v) is 8.87. The van der Waals surface area contributed by atoms with Gasteiger partial charge >= 0.3 is 11.9 Å². The Balaban J connectivity index is 0.000000130. The summed E-state index contributed by atoms with van der Waals surface area (Å²) in [5.74, 6) is -0.337. The van der Waals surface area contributed by atoms with Crippen LogP contribution in [0.25, 0.3) is 11.0 Å². The fourth-order valence-electron chi connectivity index (χ4n) is 4.19. The van der Waals surface area contributed by atoms with Crippen molar-refractivity contribution in [1.29, 1.82) is 0 Å². The fourth-order valence-corrected chi connectivity index (χ4v) is 4.71. The van der Waals surface area contributed by atoms with E-state index in [1.165, 1.54) is 11.8 Å². The molecule has 4 aromatic rings. The van der Waals surface area contributed by atoms with Gasteiger partial charge in [-0.25, -0.2) is 9.59 Å². The Morgan fingerprint density at radius 2 is 1.49 bits per heavy atom. The number of carboxylic acid groups (broad SMARTS) is 2. The Hall–Kier alpha value is -3.72. The van der Waals surface area contributed by atoms with E-state index in [9.17, 15) is 9.59 Å². The third-order valence-corrected chi connectivity index (χ3v) is 6.58. The molecular weight excluding hydrogens is 521 g/mol. The molecule has 6 rings (SSSR count). The molecule has 10 heteroatoms. The highest BCUT2D eigenvalue weighted by atomic mass is 35.5. The van der Waals surface area contributed by atoms with Gasteiger partial charge in [0.1, 0.15) is 17.1 Å². The third-order valence-electron chi connectivity index (χ3n) is 5.91. The molecule has 0 bridgehead atoms. The number of furan rings is 1. The summed E-state index contributed by atoms with van der Waals surface area (Å²) < 4.78 is 15.6. The Morgan fingerprint density at radius 3 is 2.14 bits per heavy atom. The minimum atomic E-state index is -0.993. The van der Waals surface area contributed by atoms with Crippen molar-refractivity contribution in [2.45, 2.75) is 19.4 Å². The number of halogens is 2. The summed E-state index contributed by atoms with van der Waals surface area (Å²) in [4.78, 5) is 21.5. The molecule has 1 aromatic heterocycles. The maximum Gasteiger partial charge on any atom is 0.337 e. The van der Waals surface area contributed by atoms with E-state index in [2.05, 4.69) is 0 Å². The predicted octanol–water partition coefficient (Wildman–Crippen LogP) is 5.84. The van der Waals surface area contributed by atoms with Crippen LogP contribution in [0.3, 0.4) is 0 Å². The molecule has 0 atom stereocenters. The van der Waals surface area contributed by atoms with Crippen molar-refractivity contribution in [3.05, 3.63) is 92.7 Å². The van der Waals surface area contributed by atoms with Crippen LogP contribution in [0.2, 0.25) is 10.0 Å². The lowest BCUT2D eigenvalue weighted by Crippen LogP contribution is -2.01. The molecule has 8 nitrogen and oxygen atoms in total. The molecule has 0 unspecified atom stereocenters. The summed E-state index contributed by atoms with van der Waals surface area (Å²) >= 11 is 11.7. The van der Waals surface area contributed by atoms with Gasteiger partial charge in [-0.2, -0.15) is 0 Å². The van der Waals surface area contributed by atoms with Gasteiger partial charge in [0, 0.05) is 40.9 Å². The second-order valence-electron chi connectivity index (χ2n) is 8.05. The molecule has 0 aliphatic carbocycles. The van der Waals surface area contributed by atoms with Crippen LogP contribution in [0, 0.1) is 0 Å². The average Bonchev–Trinajstić information content (AvgIpc) is 3.64. The number of nitrogens with two attached hydrogens (primary N) is 1. The first kappa shape index (κ1) is 26.3. The number of fused-ring (bicyclic) bond motifs is 3. The van der Waals surface area contributed by atoms with Gasteiger partial charge in [0.2, 0.25) is 0 Å². The van der Waals surface area contributed by atoms with Gasteiger partial charge in [0.25, 0.3) is 0 Å². The van der Waals surface area contributed by atoms with Crippen molar-refractivity contribution < 1.29 is 33.7 Å². The van der Waals surface area contributed by atoms with Crippen molar-refractivity contribution in [2.75, 3.05) is 13.2 Å². The first-order chi connectivity index (χ1) is 17.8. The standard InChI is InChI=1S/C9H10ClNO.C9H7ClO3.C9H6O3/c10-8-1-2-9-6(3-4-12-9)7(8)5-11;10-6-1-2-7-5(3-4-13-7)8(6)9(11)12;10-9(11)7-2-1-3-8-6(7)4-5-12-8/h1-2H,3-5,11H2;1-2H,3-4H2,(H,11,12);1-5H,(H,10,11). The minimum Gasteiger partial charge on any atom is -0.493 e. The Kier molecular flexibility index (Phi) is 8.23. The summed E-state index contributed by atoms with van der Waals surface area (Å²) in [6, 6.07) is 13.6. The van der Waals surface area contributed by atoms with E-state index < -0.39 is 11.9 Å². The number of ether oxygens (including phenoxy) is 2. The van der Waals surface area contributed by atoms with Crippen LogP contribution in [0.1, 0.15) is 37.4 Å². The van der Waals surface area contributed by atoms with Gasteiger partial charge in [0.15, 0.2) is 0 Å². The molecule has 0 spiro atoms. The Labute approximate surface area is 222 Å². The first-order valence-electron chi connectivity index (χ1n) is 11.3. The maximum absolute atomic E-state index is 10.8. The molecule has 3 aromatic carbocycles. The molecule has 0 fully saturated rings. The molecule has 4 N–H and O–H groups in total. The topological polar surface area (TPSA) is 132 Å². The first-order valence-corrected chi connectivity index (χ1v) is 12.1. The van der Waals surface area contributed by atoms with Crippen LogP contribution in [-0.4, -0.2) is 35.4 Å². The van der Waals surface area contributed by atoms with Crippen molar-refractivity contribution in [3.8, 4) is 11.5 Å². The third kappa shape index (κ3) is 5.67. The zero-order valence-electron chi connectivity index (χ0n) is 19.5. The molecule has 2 aliphatic heterocycles. The zero-order chi connectivity index (χ0) is 26.5. The van der Waals surface area contributed by atoms with Crippen molar-refractivity contribution >= 4 is 46.1 Å².